The molecule has 0 aromatic carbocycles. The van der Waals surface area contributed by atoms with Crippen molar-refractivity contribution in [2.45, 2.75) is 18.2 Å². The summed E-state index contributed by atoms with van der Waals surface area (Å²) in [5.74, 6) is 0.144. The van der Waals surface area contributed by atoms with Crippen LogP contribution < -0.4 is 5.73 Å². The third kappa shape index (κ3) is 1.44. The summed E-state index contributed by atoms with van der Waals surface area (Å²) < 4.78 is 13.4. The summed E-state index contributed by atoms with van der Waals surface area (Å²) in [7, 11) is 0. The van der Waals surface area contributed by atoms with Crippen LogP contribution in [0.3, 0.4) is 0 Å². The Labute approximate surface area is 114 Å². The lowest BCUT2D eigenvalue weighted by Gasteiger charge is -2.17. The van der Waals surface area contributed by atoms with E-state index in [9.17, 15) is 0 Å². The van der Waals surface area contributed by atoms with Gasteiger partial charge in [0.15, 0.2) is 11.5 Å². The van der Waals surface area contributed by atoms with Crippen LogP contribution in [0, 0.1) is 17.2 Å². The Bertz CT molecular complexity index is 708. The number of hydrogen-bond acceptors (Lipinski definition) is 7. The van der Waals surface area contributed by atoms with Crippen molar-refractivity contribution in [2.24, 2.45) is 5.92 Å². The third-order valence-electron chi connectivity index (χ3n) is 3.94. The minimum atomic E-state index is -0.209. The van der Waals surface area contributed by atoms with Crippen molar-refractivity contribution in [3.8, 4) is 6.07 Å². The smallest absolute Gasteiger partial charge is 0.165 e. The van der Waals surface area contributed by atoms with Gasteiger partial charge in [0.25, 0.3) is 0 Å². The van der Waals surface area contributed by atoms with E-state index in [2.05, 4.69) is 21.0 Å². The molecule has 2 fully saturated rings. The fraction of sp³-hybridized carbons (Fsp3) is 0.500. The molecule has 2 aromatic rings. The molecular formula is C12H12N6O2. The highest BCUT2D eigenvalue weighted by Gasteiger charge is 2.48. The van der Waals surface area contributed by atoms with Crippen molar-refractivity contribution >= 4 is 17.0 Å². The maximum absolute atomic E-state index is 9.07. The van der Waals surface area contributed by atoms with E-state index in [-0.39, 0.29) is 24.2 Å². The molecule has 0 unspecified atom stereocenters. The van der Waals surface area contributed by atoms with Crippen LogP contribution in [-0.4, -0.2) is 44.9 Å². The standard InChI is InChI=1S/C12H12N6O2/c13-1-6-2-19-10-7(3-20-9(6)10)18-5-17-8-11(14)15-4-16-12(8)18/h4-7,9-10H,2-3H2,(H2,14,15,16)/t6-,7+,9-,10-/m1/s1. The third-order valence-corrected chi connectivity index (χ3v) is 3.94. The number of fused-ring (bicyclic) bond motifs is 2. The van der Waals surface area contributed by atoms with Gasteiger partial charge in [0.1, 0.15) is 24.1 Å². The number of hydrogen-bond donors (Lipinski definition) is 1. The van der Waals surface area contributed by atoms with Crippen molar-refractivity contribution in [1.82, 2.24) is 19.5 Å². The number of aromatic nitrogens is 4. The molecule has 2 aromatic heterocycles. The fourth-order valence-corrected chi connectivity index (χ4v) is 2.94. The summed E-state index contributed by atoms with van der Waals surface area (Å²) >= 11 is 0. The van der Waals surface area contributed by atoms with Crippen LogP contribution in [0.25, 0.3) is 11.2 Å². The highest BCUT2D eigenvalue weighted by atomic mass is 16.6. The first kappa shape index (κ1) is 11.6. The zero-order valence-corrected chi connectivity index (χ0v) is 10.5. The van der Waals surface area contributed by atoms with Gasteiger partial charge in [-0.3, -0.25) is 0 Å². The molecule has 2 saturated heterocycles. The topological polar surface area (TPSA) is 112 Å². The number of imidazole rings is 1. The van der Waals surface area contributed by atoms with Gasteiger partial charge in [-0.2, -0.15) is 5.26 Å². The molecule has 4 heterocycles. The van der Waals surface area contributed by atoms with E-state index in [0.717, 1.165) is 0 Å². The highest BCUT2D eigenvalue weighted by Crippen LogP contribution is 2.38. The van der Waals surface area contributed by atoms with E-state index < -0.39 is 0 Å². The van der Waals surface area contributed by atoms with Crippen molar-refractivity contribution < 1.29 is 9.47 Å². The largest absolute Gasteiger partial charge is 0.382 e. The lowest BCUT2D eigenvalue weighted by Crippen LogP contribution is -2.27. The second-order valence-corrected chi connectivity index (χ2v) is 4.98. The molecule has 8 heteroatoms. The number of nitriles is 1. The summed E-state index contributed by atoms with van der Waals surface area (Å²) in [6, 6.07) is 2.18. The monoisotopic (exact) mass is 272 g/mol. The number of ether oxygens (including phenoxy) is 2. The number of nitrogen functional groups attached to an aromatic ring is 1. The van der Waals surface area contributed by atoms with Crippen LogP contribution >= 0.6 is 0 Å². The molecular weight excluding hydrogens is 260 g/mol. The number of rotatable bonds is 1. The normalized spacial score (nSPS) is 32.4. The van der Waals surface area contributed by atoms with Gasteiger partial charge in [0.05, 0.1) is 37.6 Å². The lowest BCUT2D eigenvalue weighted by atomic mass is 10.0. The Morgan fingerprint density at radius 1 is 1.25 bits per heavy atom. The maximum atomic E-state index is 9.07. The van der Waals surface area contributed by atoms with E-state index in [0.29, 0.717) is 30.2 Å². The SMILES string of the molecule is N#C[C@@H]1CO[C@H]2[C@@H]1OC[C@@H]2n1cnc2c(N)ncnc21. The molecule has 0 spiro atoms. The van der Waals surface area contributed by atoms with Crippen LogP contribution in [-0.2, 0) is 9.47 Å². The molecule has 102 valence electrons. The van der Waals surface area contributed by atoms with E-state index in [1.54, 1.807) is 6.33 Å². The van der Waals surface area contributed by atoms with E-state index in [1.807, 2.05) is 4.57 Å². The molecule has 2 aliphatic rings. The number of anilines is 1. The first-order valence-corrected chi connectivity index (χ1v) is 6.35. The van der Waals surface area contributed by atoms with Crippen molar-refractivity contribution in [2.75, 3.05) is 18.9 Å². The van der Waals surface area contributed by atoms with Gasteiger partial charge >= 0.3 is 0 Å². The molecule has 4 rings (SSSR count). The van der Waals surface area contributed by atoms with Crippen LogP contribution in [0.4, 0.5) is 5.82 Å². The van der Waals surface area contributed by atoms with E-state index >= 15 is 0 Å². The summed E-state index contributed by atoms with van der Waals surface area (Å²) in [4.78, 5) is 12.4. The summed E-state index contributed by atoms with van der Waals surface area (Å²) in [6.45, 7) is 0.884. The summed E-state index contributed by atoms with van der Waals surface area (Å²) in [6.07, 6.45) is 2.76. The molecule has 0 amide bonds. The number of nitrogens with zero attached hydrogens (tertiary/aromatic N) is 5. The second-order valence-electron chi connectivity index (χ2n) is 4.98. The zero-order chi connectivity index (χ0) is 13.7. The van der Waals surface area contributed by atoms with Gasteiger partial charge < -0.3 is 19.8 Å². The lowest BCUT2D eigenvalue weighted by molar-refractivity contribution is 0.0639. The molecule has 20 heavy (non-hydrogen) atoms. The highest BCUT2D eigenvalue weighted by molar-refractivity contribution is 5.81. The van der Waals surface area contributed by atoms with E-state index in [1.165, 1.54) is 6.33 Å². The van der Waals surface area contributed by atoms with Crippen molar-refractivity contribution in [3.05, 3.63) is 12.7 Å². The molecule has 2 aliphatic heterocycles. The minimum Gasteiger partial charge on any atom is -0.382 e. The average Bonchev–Trinajstić information content (AvgIpc) is 3.11. The van der Waals surface area contributed by atoms with Gasteiger partial charge in [-0.15, -0.1) is 0 Å². The Hall–Kier alpha value is -2.24. The Balaban J connectivity index is 1.75. The molecule has 0 saturated carbocycles. The fourth-order valence-electron chi connectivity index (χ4n) is 2.94. The summed E-state index contributed by atoms with van der Waals surface area (Å²) in [5.41, 5.74) is 7.02. The predicted octanol–water partition coefficient (Wildman–Crippen LogP) is -0.113. The Morgan fingerprint density at radius 2 is 2.10 bits per heavy atom. The predicted molar refractivity (Wildman–Crippen MR) is 67.4 cm³/mol. The van der Waals surface area contributed by atoms with E-state index in [4.69, 9.17) is 20.5 Å². The maximum Gasteiger partial charge on any atom is 0.165 e. The molecule has 8 nitrogen and oxygen atoms in total. The Morgan fingerprint density at radius 3 is 2.95 bits per heavy atom. The van der Waals surface area contributed by atoms with Crippen molar-refractivity contribution in [1.29, 1.82) is 5.26 Å². The van der Waals surface area contributed by atoms with Crippen LogP contribution in [0.1, 0.15) is 6.04 Å². The Kier molecular flexibility index (Phi) is 2.39. The van der Waals surface area contributed by atoms with Crippen LogP contribution in [0.2, 0.25) is 0 Å². The molecule has 0 aliphatic carbocycles. The second kappa shape index (κ2) is 4.13. The van der Waals surface area contributed by atoms with Gasteiger partial charge in [-0.05, 0) is 0 Å². The minimum absolute atomic E-state index is 0.0438. The molecule has 0 bridgehead atoms. The van der Waals surface area contributed by atoms with Gasteiger partial charge in [-0.25, -0.2) is 15.0 Å². The molecule has 2 N–H and O–H groups in total. The first-order valence-electron chi connectivity index (χ1n) is 6.35. The van der Waals surface area contributed by atoms with Crippen LogP contribution in [0.5, 0.6) is 0 Å². The average molecular weight is 272 g/mol. The van der Waals surface area contributed by atoms with Crippen LogP contribution in [0.15, 0.2) is 12.7 Å². The molecule has 4 atom stereocenters. The zero-order valence-electron chi connectivity index (χ0n) is 10.5. The van der Waals surface area contributed by atoms with Gasteiger partial charge in [0, 0.05) is 0 Å². The summed E-state index contributed by atoms with van der Waals surface area (Å²) in [5, 5.41) is 9.07. The van der Waals surface area contributed by atoms with Crippen molar-refractivity contribution in [3.63, 3.8) is 0 Å². The molecule has 0 radical (unpaired) electrons. The quantitative estimate of drug-likeness (QED) is 0.770. The van der Waals surface area contributed by atoms with Gasteiger partial charge in [-0.1, -0.05) is 0 Å². The first-order chi connectivity index (χ1) is 9.79. The van der Waals surface area contributed by atoms with Gasteiger partial charge in [0.2, 0.25) is 0 Å². The number of nitrogens with two attached hydrogens (primary N) is 1.